The van der Waals surface area contributed by atoms with Crippen LogP contribution in [-0.4, -0.2) is 46.5 Å². The van der Waals surface area contributed by atoms with E-state index in [0.717, 1.165) is 30.9 Å². The first kappa shape index (κ1) is 16.8. The van der Waals surface area contributed by atoms with Gasteiger partial charge in [0.1, 0.15) is 6.04 Å². The van der Waals surface area contributed by atoms with Crippen LogP contribution < -0.4 is 10.2 Å². The highest BCUT2D eigenvalue weighted by molar-refractivity contribution is 8.01. The Morgan fingerprint density at radius 2 is 2.00 bits per heavy atom. The molecule has 1 aromatic carbocycles. The molecule has 4 rings (SSSR count). The van der Waals surface area contributed by atoms with Crippen molar-refractivity contribution >= 4 is 35.0 Å². The molecule has 3 aliphatic rings. The van der Waals surface area contributed by atoms with Crippen LogP contribution in [0.4, 0.5) is 11.4 Å². The molecule has 3 saturated heterocycles. The van der Waals surface area contributed by atoms with Crippen molar-refractivity contribution < 1.29 is 9.59 Å². The molecule has 0 saturated carbocycles. The Morgan fingerprint density at radius 3 is 2.80 bits per heavy atom. The van der Waals surface area contributed by atoms with Gasteiger partial charge < -0.3 is 15.1 Å². The monoisotopic (exact) mass is 359 g/mol. The van der Waals surface area contributed by atoms with E-state index in [9.17, 15) is 9.59 Å². The smallest absolute Gasteiger partial charge is 0.248 e. The first-order valence-electron chi connectivity index (χ1n) is 9.19. The Morgan fingerprint density at radius 1 is 1.24 bits per heavy atom. The maximum atomic E-state index is 12.9. The van der Waals surface area contributed by atoms with Gasteiger partial charge in [0, 0.05) is 25.3 Å². The van der Waals surface area contributed by atoms with Crippen LogP contribution in [0.5, 0.6) is 0 Å². The van der Waals surface area contributed by atoms with Crippen LogP contribution in [0, 0.1) is 0 Å². The zero-order valence-corrected chi connectivity index (χ0v) is 15.5. The van der Waals surface area contributed by atoms with Gasteiger partial charge in [-0.15, -0.1) is 11.8 Å². The van der Waals surface area contributed by atoms with E-state index in [-0.39, 0.29) is 22.7 Å². The standard InChI is InChI=1S/C19H25N3O2S/c1-19-10-9-17(23)22(19)16(13-25-19)18(24)20-14-7-3-4-8-15(14)21-11-5-2-6-12-21/h3-4,7-8,16H,2,5-6,9-13H2,1H3,(H,20,24)/t16-,19+/m1/s1. The lowest BCUT2D eigenvalue weighted by molar-refractivity contribution is -0.135. The summed E-state index contributed by atoms with van der Waals surface area (Å²) in [7, 11) is 0. The largest absolute Gasteiger partial charge is 0.370 e. The van der Waals surface area contributed by atoms with E-state index in [1.54, 1.807) is 11.8 Å². The summed E-state index contributed by atoms with van der Waals surface area (Å²) in [6.07, 6.45) is 5.06. The van der Waals surface area contributed by atoms with Gasteiger partial charge in [0.05, 0.1) is 16.2 Å². The lowest BCUT2D eigenvalue weighted by Crippen LogP contribution is -2.48. The molecule has 0 aliphatic carbocycles. The van der Waals surface area contributed by atoms with E-state index >= 15 is 0 Å². The highest BCUT2D eigenvalue weighted by Gasteiger charge is 2.52. The van der Waals surface area contributed by atoms with Crippen LogP contribution in [0.1, 0.15) is 39.0 Å². The number of para-hydroxylation sites is 2. The van der Waals surface area contributed by atoms with E-state index < -0.39 is 0 Å². The van der Waals surface area contributed by atoms with E-state index in [0.29, 0.717) is 12.2 Å². The SMILES string of the molecule is C[C@]12CCC(=O)N1[C@@H](C(=O)Nc1ccccc1N1CCCCC1)CS2. The van der Waals surface area contributed by atoms with Crippen molar-refractivity contribution in [3.8, 4) is 0 Å². The molecule has 1 N–H and O–H groups in total. The van der Waals surface area contributed by atoms with Crippen molar-refractivity contribution in [3.05, 3.63) is 24.3 Å². The first-order chi connectivity index (χ1) is 12.1. The normalized spacial score (nSPS) is 29.0. The Kier molecular flexibility index (Phi) is 4.40. The number of anilines is 2. The van der Waals surface area contributed by atoms with Crippen molar-refractivity contribution in [1.82, 2.24) is 4.90 Å². The minimum absolute atomic E-state index is 0.0593. The zero-order valence-electron chi connectivity index (χ0n) is 14.7. The van der Waals surface area contributed by atoms with Gasteiger partial charge in [-0.05, 0) is 44.7 Å². The van der Waals surface area contributed by atoms with E-state index in [1.807, 2.05) is 23.1 Å². The van der Waals surface area contributed by atoms with Crippen molar-refractivity contribution in [2.24, 2.45) is 0 Å². The second kappa shape index (κ2) is 6.56. The van der Waals surface area contributed by atoms with Gasteiger partial charge in [-0.1, -0.05) is 12.1 Å². The Bertz CT molecular complexity index is 689. The van der Waals surface area contributed by atoms with Crippen LogP contribution in [-0.2, 0) is 9.59 Å². The third-order valence-electron chi connectivity index (χ3n) is 5.61. The summed E-state index contributed by atoms with van der Waals surface area (Å²) in [6, 6.07) is 7.66. The van der Waals surface area contributed by atoms with Crippen LogP contribution >= 0.6 is 11.8 Å². The summed E-state index contributed by atoms with van der Waals surface area (Å²) in [5.74, 6) is 0.729. The molecule has 3 heterocycles. The van der Waals surface area contributed by atoms with Gasteiger partial charge in [0.15, 0.2) is 0 Å². The number of rotatable bonds is 3. The fourth-order valence-corrected chi connectivity index (χ4v) is 5.65. The summed E-state index contributed by atoms with van der Waals surface area (Å²) in [4.78, 5) is 29.2. The third-order valence-corrected chi connectivity index (χ3v) is 7.11. The molecule has 0 spiro atoms. The number of fused-ring (bicyclic) bond motifs is 1. The van der Waals surface area contributed by atoms with Crippen LogP contribution in [0.2, 0.25) is 0 Å². The predicted molar refractivity (Wildman–Crippen MR) is 102 cm³/mol. The minimum Gasteiger partial charge on any atom is -0.370 e. The van der Waals surface area contributed by atoms with Crippen molar-refractivity contribution in [1.29, 1.82) is 0 Å². The first-order valence-corrected chi connectivity index (χ1v) is 10.2. The fourth-order valence-electron chi connectivity index (χ4n) is 4.22. The predicted octanol–water partition coefficient (Wildman–Crippen LogP) is 3.07. The molecule has 3 fully saturated rings. The van der Waals surface area contributed by atoms with Crippen LogP contribution in [0.25, 0.3) is 0 Å². The molecular formula is C19H25N3O2S. The van der Waals surface area contributed by atoms with Gasteiger partial charge in [-0.2, -0.15) is 0 Å². The molecule has 25 heavy (non-hydrogen) atoms. The third kappa shape index (κ3) is 3.01. The number of nitrogens with one attached hydrogen (secondary N) is 1. The zero-order chi connectivity index (χ0) is 17.4. The second-order valence-electron chi connectivity index (χ2n) is 7.32. The number of hydrogen-bond acceptors (Lipinski definition) is 4. The minimum atomic E-state index is -0.362. The summed E-state index contributed by atoms with van der Waals surface area (Å²) in [5.41, 5.74) is 1.95. The maximum Gasteiger partial charge on any atom is 0.248 e. The summed E-state index contributed by atoms with van der Waals surface area (Å²) in [6.45, 7) is 4.15. The Balaban J connectivity index is 1.53. The number of carbonyl (C=O) groups excluding carboxylic acids is 2. The lowest BCUT2D eigenvalue weighted by Gasteiger charge is -2.32. The molecule has 3 aliphatic heterocycles. The lowest BCUT2D eigenvalue weighted by atomic mass is 10.1. The molecule has 0 unspecified atom stereocenters. The fraction of sp³-hybridized carbons (Fsp3) is 0.579. The molecule has 2 atom stereocenters. The average Bonchev–Trinajstić information content (AvgIpc) is 3.12. The quantitative estimate of drug-likeness (QED) is 0.901. The van der Waals surface area contributed by atoms with Gasteiger partial charge in [0.2, 0.25) is 11.8 Å². The molecule has 6 heteroatoms. The van der Waals surface area contributed by atoms with E-state index in [2.05, 4.69) is 23.2 Å². The number of benzene rings is 1. The molecule has 0 bridgehead atoms. The highest BCUT2D eigenvalue weighted by atomic mass is 32.2. The van der Waals surface area contributed by atoms with Gasteiger partial charge in [-0.3, -0.25) is 9.59 Å². The van der Waals surface area contributed by atoms with Gasteiger partial charge in [-0.25, -0.2) is 0 Å². The van der Waals surface area contributed by atoms with Crippen LogP contribution in [0.15, 0.2) is 24.3 Å². The second-order valence-corrected chi connectivity index (χ2v) is 8.82. The highest BCUT2D eigenvalue weighted by Crippen LogP contribution is 2.47. The van der Waals surface area contributed by atoms with Crippen molar-refractivity contribution in [2.45, 2.75) is 49.9 Å². The number of amides is 2. The summed E-state index contributed by atoms with van der Waals surface area (Å²) < 4.78 is 0. The van der Waals surface area contributed by atoms with Crippen molar-refractivity contribution in [2.75, 3.05) is 29.1 Å². The molecule has 2 amide bonds. The number of hydrogen-bond donors (Lipinski definition) is 1. The summed E-state index contributed by atoms with van der Waals surface area (Å²) >= 11 is 1.73. The molecule has 134 valence electrons. The molecular weight excluding hydrogens is 334 g/mol. The van der Waals surface area contributed by atoms with Crippen LogP contribution in [0.3, 0.4) is 0 Å². The topological polar surface area (TPSA) is 52.7 Å². The number of nitrogens with zero attached hydrogens (tertiary/aromatic N) is 2. The van der Waals surface area contributed by atoms with E-state index in [4.69, 9.17) is 0 Å². The van der Waals surface area contributed by atoms with E-state index in [1.165, 1.54) is 19.3 Å². The van der Waals surface area contributed by atoms with Gasteiger partial charge in [0.25, 0.3) is 0 Å². The maximum absolute atomic E-state index is 12.9. The Hall–Kier alpha value is -1.69. The number of thioether (sulfide) groups is 1. The molecule has 0 aromatic heterocycles. The molecule has 0 radical (unpaired) electrons. The van der Waals surface area contributed by atoms with Gasteiger partial charge >= 0.3 is 0 Å². The number of piperidine rings is 1. The molecule has 5 nitrogen and oxygen atoms in total. The molecule has 1 aromatic rings. The average molecular weight is 359 g/mol. The summed E-state index contributed by atoms with van der Waals surface area (Å²) in [5, 5.41) is 3.11. The van der Waals surface area contributed by atoms with Crippen molar-refractivity contribution in [3.63, 3.8) is 0 Å². The Labute approximate surface area is 153 Å². The number of carbonyl (C=O) groups is 2.